The summed E-state index contributed by atoms with van der Waals surface area (Å²) in [5, 5.41) is 14.9. The standard InChI is InChI=1S/C43H45ClFN9O6/c1-42(2)40(43(3,4)41(42)60-23-6-5-22(16-46)29(44)13-23)50-36(56)31-17-48-34(18-47-31)53-20-27-26(28(27)21-53)19-51-9-11-52(12-10-51)33-15-25-24(14-30(33)45)38(58)54(39(25)59)32-7-8-35(55)49-37(32)57/h5-6,13-15,17-18,26-28,32,40-41H,7-12,19-21H2,1-4H3,(H,50,56)(H,49,55,57)/t26-,27+,28-,32?,40?,41?. The van der Waals surface area contributed by atoms with Crippen LogP contribution < -0.4 is 25.2 Å². The number of piperidine rings is 2. The van der Waals surface area contributed by atoms with Crippen LogP contribution in [0, 0.1) is 45.7 Å². The van der Waals surface area contributed by atoms with Crippen LogP contribution in [0.2, 0.25) is 5.02 Å². The quantitative estimate of drug-likeness (QED) is 0.299. The molecule has 0 spiro atoms. The maximum absolute atomic E-state index is 15.5. The normalized spacial score (nSPS) is 27.8. The highest BCUT2D eigenvalue weighted by Crippen LogP contribution is 2.56. The van der Waals surface area contributed by atoms with Crippen molar-refractivity contribution in [2.75, 3.05) is 55.6 Å². The van der Waals surface area contributed by atoms with Crippen molar-refractivity contribution in [1.29, 1.82) is 5.26 Å². The molecule has 17 heteroatoms. The van der Waals surface area contributed by atoms with Crippen LogP contribution in [0.15, 0.2) is 42.7 Å². The number of imide groups is 2. The Kier molecular flexibility index (Phi) is 9.62. The molecule has 2 aliphatic carbocycles. The summed E-state index contributed by atoms with van der Waals surface area (Å²) < 4.78 is 21.8. The maximum Gasteiger partial charge on any atom is 0.271 e. The van der Waals surface area contributed by atoms with Crippen molar-refractivity contribution in [2.24, 2.45) is 28.6 Å². The smallest absolute Gasteiger partial charge is 0.271 e. The van der Waals surface area contributed by atoms with Crippen molar-refractivity contribution in [3.05, 3.63) is 75.9 Å². The molecule has 1 aromatic heterocycles. The largest absolute Gasteiger partial charge is 0.489 e. The molecule has 5 heterocycles. The summed E-state index contributed by atoms with van der Waals surface area (Å²) in [6, 6.07) is 8.27. The number of nitrogens with zero attached hydrogens (tertiary/aromatic N) is 7. The second-order valence-electron chi connectivity index (χ2n) is 18.0. The summed E-state index contributed by atoms with van der Waals surface area (Å²) in [6.45, 7) is 13.4. The van der Waals surface area contributed by atoms with Gasteiger partial charge in [0.05, 0.1) is 39.8 Å². The fourth-order valence-electron chi connectivity index (χ4n) is 10.7. The molecule has 2 aromatic carbocycles. The van der Waals surface area contributed by atoms with Crippen molar-refractivity contribution in [2.45, 2.75) is 58.7 Å². The van der Waals surface area contributed by atoms with Gasteiger partial charge in [-0.05, 0) is 48.4 Å². The van der Waals surface area contributed by atoms with Crippen LogP contribution in [-0.2, 0) is 9.59 Å². The molecular weight excluding hydrogens is 793 g/mol. The van der Waals surface area contributed by atoms with Crippen molar-refractivity contribution >= 4 is 52.6 Å². The third kappa shape index (κ3) is 6.62. The van der Waals surface area contributed by atoms with Gasteiger partial charge in [0, 0.05) is 75.2 Å². The molecule has 15 nitrogen and oxygen atoms in total. The molecule has 6 aliphatic rings. The van der Waals surface area contributed by atoms with Gasteiger partial charge >= 0.3 is 0 Å². The molecule has 5 amide bonds. The number of halogens is 2. The third-order valence-electron chi connectivity index (χ3n) is 13.7. The van der Waals surface area contributed by atoms with Gasteiger partial charge in [-0.15, -0.1) is 0 Å². The minimum Gasteiger partial charge on any atom is -0.489 e. The number of rotatable bonds is 9. The molecule has 2 N–H and O–H groups in total. The number of amides is 5. The Hall–Kier alpha value is -5.66. The first kappa shape index (κ1) is 39.8. The predicted molar refractivity (Wildman–Crippen MR) is 216 cm³/mol. The van der Waals surface area contributed by atoms with Gasteiger partial charge in [0.25, 0.3) is 17.7 Å². The number of nitrogens with one attached hydrogen (secondary N) is 2. The third-order valence-corrected chi connectivity index (χ3v) is 14.0. The molecule has 1 unspecified atom stereocenters. The second kappa shape index (κ2) is 14.5. The molecule has 0 bridgehead atoms. The minimum atomic E-state index is -1.11. The van der Waals surface area contributed by atoms with Crippen LogP contribution in [0.4, 0.5) is 15.9 Å². The molecule has 3 saturated heterocycles. The van der Waals surface area contributed by atoms with Crippen LogP contribution in [0.1, 0.15) is 77.3 Å². The van der Waals surface area contributed by atoms with E-state index in [0.29, 0.717) is 47.2 Å². The zero-order chi connectivity index (χ0) is 42.4. The molecule has 4 atom stereocenters. The fraction of sp³-hybridized carbons (Fsp3) is 0.488. The van der Waals surface area contributed by atoms with Crippen molar-refractivity contribution < 1.29 is 33.1 Å². The lowest BCUT2D eigenvalue weighted by Crippen LogP contribution is -2.74. The topological polar surface area (TPSA) is 181 Å². The average Bonchev–Trinajstić information content (AvgIpc) is 3.52. The SMILES string of the molecule is CC1(C)C(NC(=O)c2cnc(N3C[C@@H]4[C@H](CN5CCN(c6cc7c(cc6F)C(=O)N(C6CCC(=O)NC6=O)C7=O)CC5)[C@@H]4C3)cn2)C(C)(C)C1Oc1ccc(C#N)c(Cl)c1. The van der Waals surface area contributed by atoms with Crippen LogP contribution in [0.25, 0.3) is 0 Å². The van der Waals surface area contributed by atoms with E-state index in [0.717, 1.165) is 49.5 Å². The van der Waals surface area contributed by atoms with Gasteiger partial charge in [-0.3, -0.25) is 39.1 Å². The van der Waals surface area contributed by atoms with Crippen LogP contribution in [0.3, 0.4) is 0 Å². The molecule has 60 heavy (non-hydrogen) atoms. The van der Waals surface area contributed by atoms with Gasteiger partial charge in [0.2, 0.25) is 11.8 Å². The number of hydrogen-bond donors (Lipinski definition) is 2. The number of fused-ring (bicyclic) bond motifs is 2. The van der Waals surface area contributed by atoms with Gasteiger partial charge in [0.15, 0.2) is 0 Å². The van der Waals surface area contributed by atoms with Gasteiger partial charge < -0.3 is 19.9 Å². The molecule has 0 radical (unpaired) electrons. The molecule has 3 aromatic rings. The Morgan fingerprint density at radius 2 is 1.65 bits per heavy atom. The predicted octanol–water partition coefficient (Wildman–Crippen LogP) is 3.66. The van der Waals surface area contributed by atoms with E-state index in [2.05, 4.69) is 36.5 Å². The molecule has 9 rings (SSSR count). The Labute approximate surface area is 351 Å². The van der Waals surface area contributed by atoms with E-state index in [1.165, 1.54) is 12.3 Å². The highest BCUT2D eigenvalue weighted by atomic mass is 35.5. The van der Waals surface area contributed by atoms with Crippen LogP contribution in [-0.4, -0.2) is 113 Å². The number of piperazine rings is 1. The van der Waals surface area contributed by atoms with Crippen molar-refractivity contribution in [3.63, 3.8) is 0 Å². The van der Waals surface area contributed by atoms with Gasteiger partial charge in [-0.2, -0.15) is 5.26 Å². The Bertz CT molecular complexity index is 2350. The minimum absolute atomic E-state index is 0.0113. The van der Waals surface area contributed by atoms with Gasteiger partial charge in [-0.1, -0.05) is 39.3 Å². The Morgan fingerprint density at radius 1 is 0.967 bits per heavy atom. The Balaban J connectivity index is 0.744. The van der Waals surface area contributed by atoms with Crippen molar-refractivity contribution in [1.82, 2.24) is 30.4 Å². The number of carbonyl (C=O) groups is 5. The number of benzene rings is 2. The lowest BCUT2D eigenvalue weighted by Gasteiger charge is -2.63. The zero-order valence-electron chi connectivity index (χ0n) is 33.7. The van der Waals surface area contributed by atoms with E-state index in [1.807, 2.05) is 32.6 Å². The number of ether oxygens (including phenoxy) is 1. The van der Waals surface area contributed by atoms with E-state index >= 15 is 4.39 Å². The molecule has 4 aliphatic heterocycles. The van der Waals surface area contributed by atoms with E-state index < -0.39 is 46.3 Å². The number of anilines is 2. The molecule has 2 saturated carbocycles. The van der Waals surface area contributed by atoms with Gasteiger partial charge in [0.1, 0.15) is 41.3 Å². The first-order valence-corrected chi connectivity index (χ1v) is 20.7. The summed E-state index contributed by atoms with van der Waals surface area (Å²) >= 11 is 6.24. The molecule has 312 valence electrons. The highest BCUT2D eigenvalue weighted by Gasteiger charge is 2.64. The first-order chi connectivity index (χ1) is 28.6. The van der Waals surface area contributed by atoms with Crippen LogP contribution in [0.5, 0.6) is 5.75 Å². The number of carbonyl (C=O) groups excluding carboxylic acids is 5. The van der Waals surface area contributed by atoms with E-state index in [9.17, 15) is 29.2 Å². The monoisotopic (exact) mass is 837 g/mol. The second-order valence-corrected chi connectivity index (χ2v) is 18.4. The summed E-state index contributed by atoms with van der Waals surface area (Å²) in [4.78, 5) is 80.4. The Morgan fingerprint density at radius 3 is 2.27 bits per heavy atom. The lowest BCUT2D eigenvalue weighted by atomic mass is 9.49. The fourth-order valence-corrected chi connectivity index (χ4v) is 10.9. The van der Waals surface area contributed by atoms with E-state index in [1.54, 1.807) is 24.4 Å². The first-order valence-electron chi connectivity index (χ1n) is 20.3. The van der Waals surface area contributed by atoms with Crippen molar-refractivity contribution in [3.8, 4) is 11.8 Å². The average molecular weight is 838 g/mol. The molecular formula is C43H45ClFN9O6. The lowest BCUT2D eigenvalue weighted by molar-refractivity contribution is -0.164. The maximum atomic E-state index is 15.5. The number of nitriles is 1. The summed E-state index contributed by atoms with van der Waals surface area (Å²) in [7, 11) is 0. The summed E-state index contributed by atoms with van der Waals surface area (Å²) in [5.74, 6) is -0.549. The molecule has 5 fully saturated rings. The highest BCUT2D eigenvalue weighted by molar-refractivity contribution is 6.31. The summed E-state index contributed by atoms with van der Waals surface area (Å²) in [6.07, 6.45) is 3.01. The zero-order valence-corrected chi connectivity index (χ0v) is 34.5. The van der Waals surface area contributed by atoms with Gasteiger partial charge in [-0.25, -0.2) is 14.4 Å². The van der Waals surface area contributed by atoms with E-state index in [4.69, 9.17) is 16.3 Å². The van der Waals surface area contributed by atoms with E-state index in [-0.39, 0.29) is 53.4 Å². The summed E-state index contributed by atoms with van der Waals surface area (Å²) in [5.41, 5.74) is 0.0403. The number of aromatic nitrogens is 2. The van der Waals surface area contributed by atoms with Crippen LogP contribution >= 0.6 is 11.6 Å². The number of hydrogen-bond acceptors (Lipinski definition) is 12.